The predicted octanol–water partition coefficient (Wildman–Crippen LogP) is 7.43. The highest BCUT2D eigenvalue weighted by molar-refractivity contribution is 9.10. The first-order valence-corrected chi connectivity index (χ1v) is 16.0. The van der Waals surface area contributed by atoms with Gasteiger partial charge in [0.1, 0.15) is 29.0 Å². The minimum atomic E-state index is -0.942. The lowest BCUT2D eigenvalue weighted by Crippen LogP contribution is -2.49. The van der Waals surface area contributed by atoms with E-state index < -0.39 is 5.60 Å². The fraction of sp³-hybridized carbons (Fsp3) is 0.333. The van der Waals surface area contributed by atoms with Gasteiger partial charge in [-0.1, -0.05) is 82.1 Å². The van der Waals surface area contributed by atoms with Crippen molar-refractivity contribution in [3.05, 3.63) is 123 Å². The largest absolute Gasteiger partial charge is 0.497 e. The fourth-order valence-electron chi connectivity index (χ4n) is 5.64. The van der Waals surface area contributed by atoms with Crippen molar-refractivity contribution >= 4 is 27.5 Å². The van der Waals surface area contributed by atoms with Crippen LogP contribution in [0.2, 0.25) is 5.02 Å². The molecule has 1 atom stereocenters. The molecule has 4 aromatic carbocycles. The third-order valence-electron chi connectivity index (χ3n) is 8.30. The molecule has 1 fully saturated rings. The zero-order valence-corrected chi connectivity index (χ0v) is 28.1. The van der Waals surface area contributed by atoms with Gasteiger partial charge in [0, 0.05) is 37.2 Å². The number of piperazine rings is 1. The van der Waals surface area contributed by atoms with Crippen molar-refractivity contribution in [3.63, 3.8) is 0 Å². The normalized spacial score (nSPS) is 15.1. The third-order valence-corrected chi connectivity index (χ3v) is 9.62. The van der Waals surface area contributed by atoms with Gasteiger partial charge in [0.2, 0.25) is 0 Å². The predicted molar refractivity (Wildman–Crippen MR) is 181 cm³/mol. The second-order valence-electron chi connectivity index (χ2n) is 11.1. The maximum absolute atomic E-state index is 7.23. The molecule has 0 bridgehead atoms. The van der Waals surface area contributed by atoms with Crippen LogP contribution in [0.4, 0.5) is 0 Å². The number of halogens is 2. The molecule has 0 aliphatic carbocycles. The first-order valence-electron chi connectivity index (χ1n) is 14.8. The smallest absolute Gasteiger partial charge is 0.143 e. The van der Waals surface area contributed by atoms with Crippen LogP contribution in [0.3, 0.4) is 0 Å². The Morgan fingerprint density at radius 1 is 0.773 bits per heavy atom. The van der Waals surface area contributed by atoms with Crippen LogP contribution in [-0.4, -0.2) is 76.5 Å². The Bertz CT molecular complexity index is 1450. The monoisotopic (exact) mass is 678 g/mol. The molecule has 1 unspecified atom stereocenters. The van der Waals surface area contributed by atoms with Gasteiger partial charge in [-0.05, 0) is 72.6 Å². The van der Waals surface area contributed by atoms with Crippen molar-refractivity contribution in [1.29, 1.82) is 0 Å². The van der Waals surface area contributed by atoms with Crippen LogP contribution in [0.15, 0.2) is 95.5 Å². The van der Waals surface area contributed by atoms with Crippen LogP contribution >= 0.6 is 27.5 Å². The fourth-order valence-corrected chi connectivity index (χ4v) is 6.30. The summed E-state index contributed by atoms with van der Waals surface area (Å²) in [4.78, 5) is 4.80. The minimum absolute atomic E-state index is 0.295. The molecule has 1 saturated heterocycles. The topological polar surface area (TPSA) is 43.4 Å². The van der Waals surface area contributed by atoms with E-state index in [1.54, 1.807) is 14.2 Å². The number of ether oxygens (including phenoxy) is 4. The van der Waals surface area contributed by atoms with Crippen LogP contribution in [0.5, 0.6) is 17.2 Å². The van der Waals surface area contributed by atoms with Crippen molar-refractivity contribution in [1.82, 2.24) is 9.80 Å². The molecule has 0 N–H and O–H groups in total. The number of nitrogens with zero attached hydrogens (tertiary/aromatic N) is 2. The second kappa shape index (κ2) is 14.8. The van der Waals surface area contributed by atoms with Gasteiger partial charge in [-0.25, -0.2) is 0 Å². The maximum atomic E-state index is 7.23. The van der Waals surface area contributed by atoms with Gasteiger partial charge < -0.3 is 23.8 Å². The molecule has 44 heavy (non-hydrogen) atoms. The van der Waals surface area contributed by atoms with Crippen molar-refractivity contribution in [2.45, 2.75) is 18.6 Å². The molecule has 232 valence electrons. The van der Waals surface area contributed by atoms with Gasteiger partial charge in [0.05, 0.1) is 25.8 Å². The van der Waals surface area contributed by atoms with Crippen molar-refractivity contribution < 1.29 is 18.9 Å². The van der Waals surface area contributed by atoms with E-state index in [9.17, 15) is 0 Å². The lowest BCUT2D eigenvalue weighted by Gasteiger charge is -2.39. The van der Waals surface area contributed by atoms with Gasteiger partial charge in [0.15, 0.2) is 0 Å². The Morgan fingerprint density at radius 3 is 1.86 bits per heavy atom. The molecule has 1 aliphatic heterocycles. The van der Waals surface area contributed by atoms with Crippen molar-refractivity contribution in [3.8, 4) is 17.2 Å². The Balaban J connectivity index is 1.57. The zero-order valence-electron chi connectivity index (χ0n) is 25.8. The summed E-state index contributed by atoms with van der Waals surface area (Å²) in [6, 6.07) is 30.4. The Hall–Kier alpha value is -3.07. The Morgan fingerprint density at radius 2 is 1.32 bits per heavy atom. The number of likely N-dealkylation sites (N-methyl/N-ethyl adjacent to an activating group) is 1. The van der Waals surface area contributed by atoms with Gasteiger partial charge >= 0.3 is 0 Å². The molecule has 0 spiro atoms. The molecular formula is C36H40BrClN2O4. The molecule has 6 nitrogen and oxygen atoms in total. The van der Waals surface area contributed by atoms with E-state index in [4.69, 9.17) is 30.5 Å². The molecule has 0 amide bonds. The molecule has 5 rings (SSSR count). The lowest BCUT2D eigenvalue weighted by atomic mass is 9.80. The summed E-state index contributed by atoms with van der Waals surface area (Å²) in [6.07, 6.45) is -0.295. The van der Waals surface area contributed by atoms with Crippen LogP contribution in [0.1, 0.15) is 22.3 Å². The van der Waals surface area contributed by atoms with Crippen LogP contribution in [0.25, 0.3) is 0 Å². The summed E-state index contributed by atoms with van der Waals surface area (Å²) in [5.74, 6) is 2.21. The van der Waals surface area contributed by atoms with Crippen LogP contribution in [-0.2, 0) is 10.3 Å². The van der Waals surface area contributed by atoms with E-state index in [1.165, 1.54) is 0 Å². The highest BCUT2D eigenvalue weighted by Gasteiger charge is 2.39. The molecule has 0 saturated carbocycles. The highest BCUT2D eigenvalue weighted by atomic mass is 79.9. The number of hydrogen-bond donors (Lipinski definition) is 0. The highest BCUT2D eigenvalue weighted by Crippen LogP contribution is 2.42. The van der Waals surface area contributed by atoms with Gasteiger partial charge in [-0.15, -0.1) is 0 Å². The molecule has 0 radical (unpaired) electrons. The summed E-state index contributed by atoms with van der Waals surface area (Å²) < 4.78 is 25.9. The first-order chi connectivity index (χ1) is 21.3. The molecule has 4 aromatic rings. The zero-order chi connectivity index (χ0) is 31.1. The molecular weight excluding hydrogens is 640 g/mol. The van der Waals surface area contributed by atoms with Crippen molar-refractivity contribution in [2.75, 3.05) is 60.6 Å². The van der Waals surface area contributed by atoms with E-state index in [0.29, 0.717) is 23.9 Å². The van der Waals surface area contributed by atoms with E-state index in [-0.39, 0.29) is 6.10 Å². The molecule has 0 aromatic heterocycles. The molecule has 8 heteroatoms. The minimum Gasteiger partial charge on any atom is -0.497 e. The second-order valence-corrected chi connectivity index (χ2v) is 12.4. The summed E-state index contributed by atoms with van der Waals surface area (Å²) in [5.41, 5.74) is 2.96. The number of hydrogen-bond acceptors (Lipinski definition) is 6. The average Bonchev–Trinajstić information content (AvgIpc) is 3.07. The summed E-state index contributed by atoms with van der Waals surface area (Å²) >= 11 is 10.4. The summed E-state index contributed by atoms with van der Waals surface area (Å²) in [6.45, 7) is 6.95. The quantitative estimate of drug-likeness (QED) is 0.145. The van der Waals surface area contributed by atoms with E-state index in [1.807, 2.05) is 61.5 Å². The van der Waals surface area contributed by atoms with Crippen LogP contribution < -0.4 is 14.2 Å². The molecule has 1 heterocycles. The lowest BCUT2D eigenvalue weighted by molar-refractivity contribution is -0.0410. The SMILES string of the molecule is COc1ccc(C(OCC(CN2CCN(C)CC2)Oc2ccc(Br)c(C)c2Cl)(c2ccccc2)c2ccc(OC)cc2)cc1. The third kappa shape index (κ3) is 7.24. The van der Waals surface area contributed by atoms with E-state index in [0.717, 1.165) is 64.4 Å². The summed E-state index contributed by atoms with van der Waals surface area (Å²) in [7, 11) is 5.51. The molecule has 1 aliphatic rings. The number of methoxy groups -OCH3 is 2. The standard InChI is InChI=1S/C36H40BrClN2O4/c1-26-33(37)18-19-34(35(26)38)44-32(24-40-22-20-39(2)21-23-40)25-43-36(27-8-6-5-7-9-27,28-10-14-30(41-3)15-11-28)29-12-16-31(42-4)17-13-29/h5-19,32H,20-25H2,1-4H3. The average molecular weight is 680 g/mol. The number of rotatable bonds is 12. The van der Waals surface area contributed by atoms with Crippen LogP contribution in [0, 0.1) is 6.92 Å². The van der Waals surface area contributed by atoms with E-state index in [2.05, 4.69) is 69.2 Å². The maximum Gasteiger partial charge on any atom is 0.143 e. The van der Waals surface area contributed by atoms with Crippen molar-refractivity contribution in [2.24, 2.45) is 0 Å². The Kier molecular flexibility index (Phi) is 10.9. The van der Waals surface area contributed by atoms with E-state index >= 15 is 0 Å². The number of benzene rings is 4. The Labute approximate surface area is 274 Å². The first kappa shape index (κ1) is 32.3. The van der Waals surface area contributed by atoms with Gasteiger partial charge in [-0.2, -0.15) is 0 Å². The summed E-state index contributed by atoms with van der Waals surface area (Å²) in [5, 5.41) is 0.599. The van der Waals surface area contributed by atoms with Gasteiger partial charge in [-0.3, -0.25) is 4.90 Å². The van der Waals surface area contributed by atoms with Gasteiger partial charge in [0.25, 0.3) is 0 Å².